The van der Waals surface area contributed by atoms with E-state index in [-0.39, 0.29) is 28.6 Å². The van der Waals surface area contributed by atoms with Crippen LogP contribution in [-0.4, -0.2) is 66.1 Å². The van der Waals surface area contributed by atoms with Crippen molar-refractivity contribution in [3.8, 4) is 0 Å². The van der Waals surface area contributed by atoms with Crippen LogP contribution in [-0.2, 0) is 9.53 Å². The van der Waals surface area contributed by atoms with Gasteiger partial charge in [-0.25, -0.2) is 18.6 Å². The van der Waals surface area contributed by atoms with E-state index in [2.05, 4.69) is 15.2 Å². The van der Waals surface area contributed by atoms with Crippen molar-refractivity contribution in [3.63, 3.8) is 0 Å². The van der Waals surface area contributed by atoms with Gasteiger partial charge in [0.1, 0.15) is 17.9 Å². The Hall–Kier alpha value is -2.33. The molecule has 0 bridgehead atoms. The summed E-state index contributed by atoms with van der Waals surface area (Å²) >= 11 is 1.05. The Morgan fingerprint density at radius 2 is 2.18 bits per heavy atom. The third-order valence-corrected chi connectivity index (χ3v) is 5.97. The first-order valence-electron chi connectivity index (χ1n) is 9.20. The molecule has 1 unspecified atom stereocenters. The average molecular weight is 410 g/mol. The van der Waals surface area contributed by atoms with Crippen molar-refractivity contribution >= 4 is 38.7 Å². The van der Waals surface area contributed by atoms with Crippen LogP contribution in [0.3, 0.4) is 0 Å². The summed E-state index contributed by atoms with van der Waals surface area (Å²) in [4.78, 5) is 32.0. The molecule has 0 aliphatic carbocycles. The number of ether oxygens (including phenoxy) is 1. The second-order valence-corrected chi connectivity index (χ2v) is 8.01. The number of likely N-dealkylation sites (tertiary alicyclic amines) is 1. The van der Waals surface area contributed by atoms with Crippen molar-refractivity contribution in [1.82, 2.24) is 14.8 Å². The zero-order chi connectivity index (χ0) is 19.7. The molecule has 2 aliphatic heterocycles. The molecule has 1 atom stereocenters. The summed E-state index contributed by atoms with van der Waals surface area (Å²) in [5.74, 6) is -1.80. The van der Waals surface area contributed by atoms with Crippen molar-refractivity contribution in [2.45, 2.75) is 12.8 Å². The predicted octanol–water partition coefficient (Wildman–Crippen LogP) is 2.68. The van der Waals surface area contributed by atoms with Gasteiger partial charge >= 0.3 is 6.09 Å². The summed E-state index contributed by atoms with van der Waals surface area (Å²) in [7, 11) is 0. The van der Waals surface area contributed by atoms with E-state index in [0.717, 1.165) is 36.8 Å². The number of rotatable bonds is 5. The molecule has 2 aliphatic rings. The van der Waals surface area contributed by atoms with Gasteiger partial charge in [-0.05, 0) is 25.5 Å². The molecule has 2 fully saturated rings. The molecular formula is C18H20F2N4O3S. The van der Waals surface area contributed by atoms with Crippen LogP contribution < -0.4 is 5.32 Å². The maximum Gasteiger partial charge on any atom is 0.409 e. The van der Waals surface area contributed by atoms with Crippen LogP contribution in [0.2, 0.25) is 0 Å². The van der Waals surface area contributed by atoms with Gasteiger partial charge in [-0.2, -0.15) is 0 Å². The van der Waals surface area contributed by atoms with Crippen molar-refractivity contribution in [3.05, 3.63) is 23.8 Å². The standard InChI is InChI=1S/C18H20F2N4O3S/c19-12-8-13(20)15-14(9-12)28-17(21-15)22-16(25)11-2-1-3-23(10-11)4-5-24-6-7-27-18(24)26/h8-9,11H,1-7,10H2,(H,21,22,25). The normalized spacial score (nSPS) is 20.6. The Morgan fingerprint density at radius 1 is 1.32 bits per heavy atom. The highest BCUT2D eigenvalue weighted by Gasteiger charge is 2.28. The summed E-state index contributed by atoms with van der Waals surface area (Å²) in [5.41, 5.74) is 0.0597. The number of nitrogens with zero attached hydrogens (tertiary/aromatic N) is 3. The second kappa shape index (κ2) is 7.96. The van der Waals surface area contributed by atoms with Gasteiger partial charge in [0, 0.05) is 25.7 Å². The Morgan fingerprint density at radius 3 is 2.96 bits per heavy atom. The Kier molecular flexibility index (Phi) is 5.40. The molecule has 2 amide bonds. The van der Waals surface area contributed by atoms with Gasteiger partial charge in [0.25, 0.3) is 0 Å². The van der Waals surface area contributed by atoms with E-state index in [0.29, 0.717) is 37.5 Å². The van der Waals surface area contributed by atoms with E-state index in [1.165, 1.54) is 6.07 Å². The van der Waals surface area contributed by atoms with Crippen molar-refractivity contribution in [2.24, 2.45) is 5.92 Å². The minimum absolute atomic E-state index is 0.0597. The molecule has 3 heterocycles. The molecule has 10 heteroatoms. The maximum atomic E-state index is 13.8. The van der Waals surface area contributed by atoms with Gasteiger partial charge in [-0.1, -0.05) is 11.3 Å². The molecule has 28 heavy (non-hydrogen) atoms. The van der Waals surface area contributed by atoms with E-state index >= 15 is 0 Å². The number of amides is 2. The number of thiazole rings is 1. The first-order valence-corrected chi connectivity index (χ1v) is 10.0. The molecule has 4 rings (SSSR count). The van der Waals surface area contributed by atoms with Gasteiger partial charge in [0.2, 0.25) is 5.91 Å². The smallest absolute Gasteiger partial charge is 0.409 e. The Labute approximate surface area is 164 Å². The SMILES string of the molecule is O=C(Nc1nc2c(F)cc(F)cc2s1)C1CCCN(CCN2CCOC2=O)C1. The minimum atomic E-state index is -0.740. The Bertz CT molecular complexity index is 906. The highest BCUT2D eigenvalue weighted by atomic mass is 32.1. The van der Waals surface area contributed by atoms with Crippen molar-refractivity contribution < 1.29 is 23.1 Å². The van der Waals surface area contributed by atoms with E-state index in [1.54, 1.807) is 4.90 Å². The van der Waals surface area contributed by atoms with Gasteiger partial charge in [0.15, 0.2) is 10.9 Å². The lowest BCUT2D eigenvalue weighted by Crippen LogP contribution is -2.44. The number of piperidine rings is 1. The number of aromatic nitrogens is 1. The van der Waals surface area contributed by atoms with Crippen molar-refractivity contribution in [2.75, 3.05) is 44.6 Å². The highest BCUT2D eigenvalue weighted by molar-refractivity contribution is 7.22. The fourth-order valence-corrected chi connectivity index (χ4v) is 4.49. The number of hydrogen-bond donors (Lipinski definition) is 1. The fraction of sp³-hybridized carbons (Fsp3) is 0.500. The van der Waals surface area contributed by atoms with Crippen LogP contribution in [0.4, 0.5) is 18.7 Å². The van der Waals surface area contributed by atoms with Crippen LogP contribution in [0.25, 0.3) is 10.2 Å². The zero-order valence-corrected chi connectivity index (χ0v) is 15.9. The number of fused-ring (bicyclic) bond motifs is 1. The van der Waals surface area contributed by atoms with Gasteiger partial charge in [0.05, 0.1) is 17.2 Å². The summed E-state index contributed by atoms with van der Waals surface area (Å²) in [5, 5.41) is 3.01. The molecule has 0 radical (unpaired) electrons. The van der Waals surface area contributed by atoms with Crippen molar-refractivity contribution in [1.29, 1.82) is 0 Å². The first kappa shape index (κ1) is 19.0. The molecular weight excluding hydrogens is 390 g/mol. The molecule has 7 nitrogen and oxygen atoms in total. The monoisotopic (exact) mass is 410 g/mol. The van der Waals surface area contributed by atoms with E-state index in [9.17, 15) is 18.4 Å². The predicted molar refractivity (Wildman–Crippen MR) is 100 cm³/mol. The molecule has 150 valence electrons. The lowest BCUT2D eigenvalue weighted by molar-refractivity contribution is -0.121. The summed E-state index contributed by atoms with van der Waals surface area (Å²) in [6, 6.07) is 1.99. The first-order chi connectivity index (χ1) is 13.5. The van der Waals surface area contributed by atoms with Crippen LogP contribution >= 0.6 is 11.3 Å². The number of carbonyl (C=O) groups excluding carboxylic acids is 2. The number of anilines is 1. The molecule has 0 spiro atoms. The lowest BCUT2D eigenvalue weighted by atomic mass is 9.97. The van der Waals surface area contributed by atoms with Gasteiger partial charge in [-0.15, -0.1) is 0 Å². The minimum Gasteiger partial charge on any atom is -0.448 e. The summed E-state index contributed by atoms with van der Waals surface area (Å²) in [6.45, 7) is 3.75. The molecule has 2 saturated heterocycles. The topological polar surface area (TPSA) is 74.8 Å². The highest BCUT2D eigenvalue weighted by Crippen LogP contribution is 2.29. The number of hydrogen-bond acceptors (Lipinski definition) is 6. The fourth-order valence-electron chi connectivity index (χ4n) is 3.58. The van der Waals surface area contributed by atoms with Crippen LogP contribution in [0, 0.1) is 17.6 Å². The largest absolute Gasteiger partial charge is 0.448 e. The molecule has 1 aromatic heterocycles. The zero-order valence-electron chi connectivity index (χ0n) is 15.1. The second-order valence-electron chi connectivity index (χ2n) is 6.98. The lowest BCUT2D eigenvalue weighted by Gasteiger charge is -2.32. The van der Waals surface area contributed by atoms with E-state index < -0.39 is 11.6 Å². The summed E-state index contributed by atoms with van der Waals surface area (Å²) < 4.78 is 32.4. The number of halogens is 2. The molecule has 0 saturated carbocycles. The molecule has 1 aromatic carbocycles. The van der Waals surface area contributed by atoms with Gasteiger partial charge < -0.3 is 19.9 Å². The van der Waals surface area contributed by atoms with Gasteiger partial charge in [-0.3, -0.25) is 4.79 Å². The van der Waals surface area contributed by atoms with Crippen LogP contribution in [0.5, 0.6) is 0 Å². The molecule has 2 aromatic rings. The number of benzene rings is 1. The maximum absolute atomic E-state index is 13.8. The van der Waals surface area contributed by atoms with Crippen LogP contribution in [0.1, 0.15) is 12.8 Å². The third kappa shape index (κ3) is 4.07. The summed E-state index contributed by atoms with van der Waals surface area (Å²) in [6.07, 6.45) is 1.34. The Balaban J connectivity index is 1.35. The van der Waals surface area contributed by atoms with E-state index in [4.69, 9.17) is 4.74 Å². The number of carbonyl (C=O) groups is 2. The van der Waals surface area contributed by atoms with Crippen LogP contribution in [0.15, 0.2) is 12.1 Å². The average Bonchev–Trinajstić information content (AvgIpc) is 3.26. The number of nitrogens with one attached hydrogen (secondary N) is 1. The number of cyclic esters (lactones) is 1. The quantitative estimate of drug-likeness (QED) is 0.820. The third-order valence-electron chi connectivity index (χ3n) is 5.05. The van der Waals surface area contributed by atoms with E-state index in [1.807, 2.05) is 0 Å². The molecule has 1 N–H and O–H groups in total.